The lowest BCUT2D eigenvalue weighted by Crippen LogP contribution is -1.85. The van der Waals surface area contributed by atoms with Crippen molar-refractivity contribution in [1.29, 1.82) is 0 Å². The number of imidazole rings is 2. The number of benzene rings is 1. The van der Waals surface area contributed by atoms with E-state index in [2.05, 4.69) is 37.7 Å². The maximum Gasteiger partial charge on any atom is 0.152 e. The van der Waals surface area contributed by atoms with Gasteiger partial charge in [-0.15, -0.1) is 0 Å². The van der Waals surface area contributed by atoms with Gasteiger partial charge in [-0.1, -0.05) is 18.2 Å². The molecule has 0 fully saturated rings. The van der Waals surface area contributed by atoms with Crippen LogP contribution in [0.1, 0.15) is 0 Å². The molecule has 0 saturated heterocycles. The van der Waals surface area contributed by atoms with Crippen LogP contribution < -0.4 is 0 Å². The van der Waals surface area contributed by atoms with Crippen molar-refractivity contribution in [3.8, 4) is 0 Å². The second kappa shape index (κ2) is 4.79. The third kappa shape index (κ3) is 2.04. The van der Waals surface area contributed by atoms with Gasteiger partial charge >= 0.3 is 0 Å². The summed E-state index contributed by atoms with van der Waals surface area (Å²) in [7, 11) is 0. The van der Waals surface area contributed by atoms with Gasteiger partial charge in [-0.3, -0.25) is 4.40 Å². The van der Waals surface area contributed by atoms with Gasteiger partial charge in [-0.2, -0.15) is 0 Å². The molecule has 0 saturated carbocycles. The number of aromatic nitrogens is 5. The number of nitrogens with one attached hydrogen (secondary N) is 1. The number of hydrogen-bond donors (Lipinski definition) is 1. The summed E-state index contributed by atoms with van der Waals surface area (Å²) >= 11 is 0. The van der Waals surface area contributed by atoms with Crippen LogP contribution >= 0.6 is 0 Å². The van der Waals surface area contributed by atoms with Gasteiger partial charge in [0.05, 0.1) is 5.52 Å². The minimum Gasteiger partial charge on any atom is -0.300 e. The molecule has 21 heavy (non-hydrogen) atoms. The first-order valence-corrected chi connectivity index (χ1v) is 6.69. The first-order chi connectivity index (χ1) is 10.4. The number of nitrogens with zero attached hydrogens (tertiary/aromatic N) is 4. The van der Waals surface area contributed by atoms with Crippen molar-refractivity contribution in [2.45, 2.75) is 0 Å². The van der Waals surface area contributed by atoms with E-state index < -0.39 is 0 Å². The SMILES string of the molecule is c1ccc2c(c1)ccc1nccn12.c1cn2[nH]ccc2n1. The highest BCUT2D eigenvalue weighted by Crippen LogP contribution is 2.15. The van der Waals surface area contributed by atoms with Crippen molar-refractivity contribution in [2.24, 2.45) is 0 Å². The summed E-state index contributed by atoms with van der Waals surface area (Å²) in [5.74, 6) is 0. The van der Waals surface area contributed by atoms with Gasteiger partial charge in [-0.25, -0.2) is 14.5 Å². The summed E-state index contributed by atoms with van der Waals surface area (Å²) in [5, 5.41) is 4.20. The highest BCUT2D eigenvalue weighted by atomic mass is 15.2. The molecule has 4 heterocycles. The molecule has 0 amide bonds. The fourth-order valence-electron chi connectivity index (χ4n) is 2.39. The molecule has 0 radical (unpaired) electrons. The quantitative estimate of drug-likeness (QED) is 0.472. The Labute approximate surface area is 120 Å². The van der Waals surface area contributed by atoms with E-state index in [9.17, 15) is 0 Å². The number of fused-ring (bicyclic) bond motifs is 4. The molecule has 102 valence electrons. The molecule has 5 nitrogen and oxygen atoms in total. The number of rotatable bonds is 0. The number of H-pyrrole nitrogens is 1. The predicted octanol–water partition coefficient (Wildman–Crippen LogP) is 3.15. The summed E-state index contributed by atoms with van der Waals surface area (Å²) < 4.78 is 3.94. The van der Waals surface area contributed by atoms with Gasteiger partial charge in [-0.05, 0) is 23.6 Å². The smallest absolute Gasteiger partial charge is 0.152 e. The van der Waals surface area contributed by atoms with Gasteiger partial charge in [0.25, 0.3) is 0 Å². The Morgan fingerprint density at radius 2 is 1.67 bits per heavy atom. The van der Waals surface area contributed by atoms with Crippen molar-refractivity contribution in [3.05, 3.63) is 73.4 Å². The van der Waals surface area contributed by atoms with Crippen LogP contribution in [-0.2, 0) is 0 Å². The zero-order valence-electron chi connectivity index (χ0n) is 11.2. The van der Waals surface area contributed by atoms with Crippen molar-refractivity contribution in [3.63, 3.8) is 0 Å². The lowest BCUT2D eigenvalue weighted by Gasteiger charge is -1.99. The number of pyridine rings is 1. The summed E-state index contributed by atoms with van der Waals surface area (Å²) in [6.45, 7) is 0. The minimum absolute atomic E-state index is 0.963. The molecular weight excluding hydrogens is 262 g/mol. The van der Waals surface area contributed by atoms with E-state index in [1.165, 1.54) is 10.9 Å². The summed E-state index contributed by atoms with van der Waals surface area (Å²) in [6, 6.07) is 14.3. The zero-order chi connectivity index (χ0) is 14.1. The van der Waals surface area contributed by atoms with Crippen molar-refractivity contribution in [2.75, 3.05) is 0 Å². The Morgan fingerprint density at radius 1 is 0.810 bits per heavy atom. The summed E-state index contributed by atoms with van der Waals surface area (Å²) in [4.78, 5) is 8.24. The molecule has 5 aromatic rings. The molecule has 0 spiro atoms. The normalized spacial score (nSPS) is 10.9. The molecule has 5 rings (SSSR count). The average molecular weight is 275 g/mol. The van der Waals surface area contributed by atoms with Crippen LogP contribution in [0.5, 0.6) is 0 Å². The van der Waals surface area contributed by atoms with E-state index in [4.69, 9.17) is 0 Å². The molecule has 4 aromatic heterocycles. The van der Waals surface area contributed by atoms with Gasteiger partial charge < -0.3 is 5.10 Å². The fraction of sp³-hybridized carbons (Fsp3) is 0. The second-order valence-electron chi connectivity index (χ2n) is 4.67. The molecule has 5 heteroatoms. The van der Waals surface area contributed by atoms with Gasteiger partial charge in [0.15, 0.2) is 5.65 Å². The third-order valence-electron chi connectivity index (χ3n) is 3.39. The van der Waals surface area contributed by atoms with Crippen LogP contribution in [0.3, 0.4) is 0 Å². The van der Waals surface area contributed by atoms with E-state index in [1.807, 2.05) is 53.6 Å². The van der Waals surface area contributed by atoms with Crippen LogP contribution in [0.4, 0.5) is 0 Å². The second-order valence-corrected chi connectivity index (χ2v) is 4.67. The predicted molar refractivity (Wildman–Crippen MR) is 82.2 cm³/mol. The van der Waals surface area contributed by atoms with Gasteiger partial charge in [0.1, 0.15) is 5.65 Å². The van der Waals surface area contributed by atoms with Crippen LogP contribution in [-0.4, -0.2) is 24.0 Å². The molecule has 0 aliphatic rings. The molecule has 0 bridgehead atoms. The standard InChI is InChI=1S/C11H8N2.C5H5N3/c1-2-4-10-9(3-1)5-6-11-12-7-8-13(10)11;1-2-7-8-4-3-6-5(1)8/h1-8H;1-4,7H. The van der Waals surface area contributed by atoms with Crippen LogP contribution in [0, 0.1) is 0 Å². The Hall–Kier alpha value is -3.08. The molecular formula is C16H13N5. The Kier molecular flexibility index (Phi) is 2.67. The van der Waals surface area contributed by atoms with E-state index in [0.717, 1.165) is 11.3 Å². The van der Waals surface area contributed by atoms with Crippen molar-refractivity contribution < 1.29 is 0 Å². The van der Waals surface area contributed by atoms with E-state index in [-0.39, 0.29) is 0 Å². The Morgan fingerprint density at radius 3 is 2.62 bits per heavy atom. The first-order valence-electron chi connectivity index (χ1n) is 6.69. The fourth-order valence-corrected chi connectivity index (χ4v) is 2.39. The third-order valence-corrected chi connectivity index (χ3v) is 3.39. The van der Waals surface area contributed by atoms with Crippen LogP contribution in [0.25, 0.3) is 22.2 Å². The Balaban J connectivity index is 0.000000123. The van der Waals surface area contributed by atoms with E-state index in [0.29, 0.717) is 0 Å². The van der Waals surface area contributed by atoms with Crippen LogP contribution in [0.15, 0.2) is 73.4 Å². The average Bonchev–Trinajstić information content (AvgIpc) is 3.24. The largest absolute Gasteiger partial charge is 0.300 e. The van der Waals surface area contributed by atoms with Crippen molar-refractivity contribution >= 4 is 22.2 Å². The summed E-state index contributed by atoms with van der Waals surface area (Å²) in [6.07, 6.45) is 9.28. The molecule has 0 aliphatic heterocycles. The monoisotopic (exact) mass is 275 g/mol. The molecule has 0 unspecified atom stereocenters. The Bertz CT molecular complexity index is 954. The van der Waals surface area contributed by atoms with E-state index >= 15 is 0 Å². The number of aromatic amines is 1. The summed E-state index contributed by atoms with van der Waals surface area (Å²) in [5.41, 5.74) is 3.17. The first kappa shape index (κ1) is 11.7. The highest BCUT2D eigenvalue weighted by Gasteiger charge is 1.97. The topological polar surface area (TPSA) is 50.4 Å². The maximum absolute atomic E-state index is 4.23. The lowest BCUT2D eigenvalue weighted by atomic mass is 10.2. The maximum atomic E-state index is 4.23. The minimum atomic E-state index is 0.963. The molecule has 1 N–H and O–H groups in total. The number of hydrogen-bond acceptors (Lipinski definition) is 2. The molecule has 1 aromatic carbocycles. The molecule has 0 aliphatic carbocycles. The lowest BCUT2D eigenvalue weighted by molar-refractivity contribution is 0.973. The van der Waals surface area contributed by atoms with Gasteiger partial charge in [0.2, 0.25) is 0 Å². The van der Waals surface area contributed by atoms with Crippen LogP contribution in [0.2, 0.25) is 0 Å². The highest BCUT2D eigenvalue weighted by molar-refractivity contribution is 5.81. The molecule has 0 atom stereocenters. The van der Waals surface area contributed by atoms with E-state index in [1.54, 1.807) is 6.20 Å². The number of para-hydroxylation sites is 1. The van der Waals surface area contributed by atoms with Crippen molar-refractivity contribution in [1.82, 2.24) is 24.0 Å². The van der Waals surface area contributed by atoms with Gasteiger partial charge in [0, 0.05) is 37.1 Å². The zero-order valence-corrected chi connectivity index (χ0v) is 11.2.